The summed E-state index contributed by atoms with van der Waals surface area (Å²) >= 11 is 0. The number of halogens is 1. The van der Waals surface area contributed by atoms with Gasteiger partial charge in [-0.25, -0.2) is 4.39 Å². The van der Waals surface area contributed by atoms with Crippen LogP contribution in [0.25, 0.3) is 11.4 Å². The van der Waals surface area contributed by atoms with E-state index in [1.807, 2.05) is 32.0 Å². The number of nitrogens with zero attached hydrogens (tertiary/aromatic N) is 2. The molecule has 0 spiro atoms. The summed E-state index contributed by atoms with van der Waals surface area (Å²) in [7, 11) is 0. The van der Waals surface area contributed by atoms with Gasteiger partial charge in [0.05, 0.1) is 0 Å². The van der Waals surface area contributed by atoms with Crippen LogP contribution in [-0.4, -0.2) is 10.1 Å². The van der Waals surface area contributed by atoms with Crippen molar-refractivity contribution in [2.75, 3.05) is 0 Å². The third-order valence-corrected chi connectivity index (χ3v) is 3.48. The highest BCUT2D eigenvalue weighted by Gasteiger charge is 2.10. The first kappa shape index (κ1) is 14.3. The predicted octanol–water partition coefficient (Wildman–Crippen LogP) is 4.07. The smallest absolute Gasteiger partial charge is 0.264 e. The molecule has 0 saturated heterocycles. The molecule has 1 aromatic heterocycles. The van der Waals surface area contributed by atoms with E-state index in [4.69, 9.17) is 9.26 Å². The number of benzene rings is 2. The Morgan fingerprint density at radius 1 is 1.09 bits per heavy atom. The summed E-state index contributed by atoms with van der Waals surface area (Å²) in [5.41, 5.74) is 2.94. The van der Waals surface area contributed by atoms with E-state index >= 15 is 0 Å². The maximum Gasteiger partial charge on any atom is 0.264 e. The number of aryl methyl sites for hydroxylation is 1. The van der Waals surface area contributed by atoms with Crippen LogP contribution >= 0.6 is 0 Å². The molecular formula is C17H15FN2O2. The van der Waals surface area contributed by atoms with Crippen LogP contribution < -0.4 is 4.74 Å². The molecule has 0 fully saturated rings. The molecule has 5 heteroatoms. The molecule has 0 amide bonds. The molecule has 3 aromatic rings. The van der Waals surface area contributed by atoms with E-state index in [9.17, 15) is 4.39 Å². The van der Waals surface area contributed by atoms with Crippen molar-refractivity contribution in [1.82, 2.24) is 10.1 Å². The highest BCUT2D eigenvalue weighted by Crippen LogP contribution is 2.22. The molecule has 3 rings (SSSR count). The van der Waals surface area contributed by atoms with Gasteiger partial charge in [0.25, 0.3) is 5.89 Å². The van der Waals surface area contributed by atoms with Crippen LogP contribution in [0.5, 0.6) is 5.75 Å². The van der Waals surface area contributed by atoms with Gasteiger partial charge in [-0.15, -0.1) is 0 Å². The predicted molar refractivity (Wildman–Crippen MR) is 79.9 cm³/mol. The van der Waals surface area contributed by atoms with Crippen molar-refractivity contribution < 1.29 is 13.7 Å². The first-order chi connectivity index (χ1) is 10.6. The van der Waals surface area contributed by atoms with Crippen LogP contribution in [0.3, 0.4) is 0 Å². The monoisotopic (exact) mass is 298 g/mol. The van der Waals surface area contributed by atoms with Gasteiger partial charge >= 0.3 is 0 Å². The van der Waals surface area contributed by atoms with Crippen LogP contribution in [0, 0.1) is 19.7 Å². The Balaban J connectivity index is 1.72. The Labute approximate surface area is 127 Å². The minimum atomic E-state index is -0.300. The van der Waals surface area contributed by atoms with E-state index in [2.05, 4.69) is 10.1 Å². The van der Waals surface area contributed by atoms with Gasteiger partial charge < -0.3 is 9.26 Å². The van der Waals surface area contributed by atoms with Crippen molar-refractivity contribution in [1.29, 1.82) is 0 Å². The van der Waals surface area contributed by atoms with Gasteiger partial charge in [-0.1, -0.05) is 17.3 Å². The minimum Gasteiger partial charge on any atom is -0.483 e. The van der Waals surface area contributed by atoms with Crippen LogP contribution in [0.1, 0.15) is 17.0 Å². The molecule has 112 valence electrons. The summed E-state index contributed by atoms with van der Waals surface area (Å²) < 4.78 is 23.8. The van der Waals surface area contributed by atoms with Crippen LogP contribution in [0.15, 0.2) is 47.0 Å². The summed E-state index contributed by atoms with van der Waals surface area (Å²) in [4.78, 5) is 4.25. The maximum absolute atomic E-state index is 12.9. The topological polar surface area (TPSA) is 48.2 Å². The van der Waals surface area contributed by atoms with E-state index < -0.39 is 0 Å². The largest absolute Gasteiger partial charge is 0.483 e. The average molecular weight is 298 g/mol. The first-order valence-corrected chi connectivity index (χ1v) is 6.91. The Bertz CT molecular complexity index is 782. The third kappa shape index (κ3) is 2.98. The van der Waals surface area contributed by atoms with Gasteiger partial charge in [-0.05, 0) is 55.3 Å². The zero-order valence-electron chi connectivity index (χ0n) is 12.3. The van der Waals surface area contributed by atoms with Crippen molar-refractivity contribution >= 4 is 0 Å². The van der Waals surface area contributed by atoms with Gasteiger partial charge in [-0.3, -0.25) is 0 Å². The summed E-state index contributed by atoms with van der Waals surface area (Å²) in [6.45, 7) is 4.22. The molecule has 1 heterocycles. The number of hydrogen-bond acceptors (Lipinski definition) is 4. The number of aromatic nitrogens is 2. The fourth-order valence-electron chi connectivity index (χ4n) is 2.05. The van der Waals surface area contributed by atoms with Crippen molar-refractivity contribution in [3.8, 4) is 17.1 Å². The van der Waals surface area contributed by atoms with Gasteiger partial charge in [0.15, 0.2) is 6.61 Å². The molecule has 22 heavy (non-hydrogen) atoms. The molecule has 0 unspecified atom stereocenters. The molecular weight excluding hydrogens is 283 g/mol. The van der Waals surface area contributed by atoms with Gasteiger partial charge in [-0.2, -0.15) is 4.98 Å². The highest BCUT2D eigenvalue weighted by molar-refractivity contribution is 5.53. The first-order valence-electron chi connectivity index (χ1n) is 6.91. The molecule has 4 nitrogen and oxygen atoms in total. The van der Waals surface area contributed by atoms with E-state index in [0.717, 1.165) is 16.9 Å². The maximum atomic E-state index is 12.9. The molecule has 0 saturated carbocycles. The van der Waals surface area contributed by atoms with E-state index in [1.54, 1.807) is 12.1 Å². The molecule has 0 N–H and O–H groups in total. The molecule has 0 aliphatic carbocycles. The minimum absolute atomic E-state index is 0.193. The second-order valence-electron chi connectivity index (χ2n) is 5.01. The molecule has 0 aliphatic rings. The second kappa shape index (κ2) is 5.97. The van der Waals surface area contributed by atoms with Gasteiger partial charge in [0.1, 0.15) is 11.6 Å². The fraction of sp³-hybridized carbons (Fsp3) is 0.176. The molecule has 0 bridgehead atoms. The van der Waals surface area contributed by atoms with Gasteiger partial charge in [0.2, 0.25) is 5.82 Å². The summed E-state index contributed by atoms with van der Waals surface area (Å²) in [6, 6.07) is 11.8. The molecule has 2 aromatic carbocycles. The number of ether oxygens (including phenoxy) is 1. The Kier molecular flexibility index (Phi) is 3.87. The van der Waals surface area contributed by atoms with Crippen LogP contribution in [0.4, 0.5) is 4.39 Å². The normalized spacial score (nSPS) is 10.7. The van der Waals surface area contributed by atoms with Crippen LogP contribution in [-0.2, 0) is 6.61 Å². The average Bonchev–Trinajstić information content (AvgIpc) is 2.98. The van der Waals surface area contributed by atoms with Crippen molar-refractivity contribution in [3.05, 3.63) is 65.3 Å². The lowest BCUT2D eigenvalue weighted by molar-refractivity contribution is 0.241. The standard InChI is InChI=1S/C17H15FN2O2/c1-11-4-3-5-15(12(11)2)21-10-16-19-17(20-22-16)13-6-8-14(18)9-7-13/h3-9H,10H2,1-2H3. The molecule has 0 radical (unpaired) electrons. The third-order valence-electron chi connectivity index (χ3n) is 3.48. The summed E-state index contributed by atoms with van der Waals surface area (Å²) in [6.07, 6.45) is 0. The van der Waals surface area contributed by atoms with Crippen molar-refractivity contribution in [2.45, 2.75) is 20.5 Å². The van der Waals surface area contributed by atoms with Crippen LogP contribution in [0.2, 0.25) is 0 Å². The SMILES string of the molecule is Cc1cccc(OCc2nc(-c3ccc(F)cc3)no2)c1C. The highest BCUT2D eigenvalue weighted by atomic mass is 19.1. The van der Waals surface area contributed by atoms with Crippen molar-refractivity contribution in [2.24, 2.45) is 0 Å². The van der Waals surface area contributed by atoms with E-state index in [-0.39, 0.29) is 12.4 Å². The Hall–Kier alpha value is -2.69. The van der Waals surface area contributed by atoms with Gasteiger partial charge in [0, 0.05) is 5.56 Å². The zero-order chi connectivity index (χ0) is 15.5. The molecule has 0 atom stereocenters. The van der Waals surface area contributed by atoms with Crippen molar-refractivity contribution in [3.63, 3.8) is 0 Å². The Morgan fingerprint density at radius 3 is 2.64 bits per heavy atom. The second-order valence-corrected chi connectivity index (χ2v) is 5.01. The van der Waals surface area contributed by atoms with E-state index in [0.29, 0.717) is 17.3 Å². The Morgan fingerprint density at radius 2 is 1.86 bits per heavy atom. The number of rotatable bonds is 4. The lowest BCUT2D eigenvalue weighted by Crippen LogP contribution is -1.98. The molecule has 0 aliphatic heterocycles. The lowest BCUT2D eigenvalue weighted by atomic mass is 10.1. The summed E-state index contributed by atoms with van der Waals surface area (Å²) in [5, 5.41) is 3.88. The zero-order valence-corrected chi connectivity index (χ0v) is 12.3. The van der Waals surface area contributed by atoms with E-state index in [1.165, 1.54) is 12.1 Å². The number of hydrogen-bond donors (Lipinski definition) is 0. The fourth-order valence-corrected chi connectivity index (χ4v) is 2.05. The quantitative estimate of drug-likeness (QED) is 0.728. The summed E-state index contributed by atoms with van der Waals surface area (Å²) in [5.74, 6) is 1.28. The lowest BCUT2D eigenvalue weighted by Gasteiger charge is -2.08.